The van der Waals surface area contributed by atoms with E-state index >= 15 is 0 Å². The number of halogens is 3. The zero-order valence-corrected chi connectivity index (χ0v) is 24.9. The second-order valence-corrected chi connectivity index (χ2v) is 12.6. The Morgan fingerprint density at radius 1 is 0.897 bits per heavy atom. The zero-order valence-electron chi connectivity index (χ0n) is 21.8. The van der Waals surface area contributed by atoms with E-state index in [4.69, 9.17) is 34.8 Å². The molecule has 0 aromatic heterocycles. The molecule has 3 rings (SSSR count). The second kappa shape index (κ2) is 13.5. The number of hydrogen-bond acceptors (Lipinski definition) is 4. The number of rotatable bonds is 11. The molecule has 0 bridgehead atoms. The number of nitrogens with one attached hydrogen (secondary N) is 1. The molecule has 0 fully saturated rings. The summed E-state index contributed by atoms with van der Waals surface area (Å²) in [5.41, 5.74) is 1.58. The summed E-state index contributed by atoms with van der Waals surface area (Å²) in [6.07, 6.45) is 1.19. The van der Waals surface area contributed by atoms with E-state index in [9.17, 15) is 18.0 Å². The molecule has 11 heteroatoms. The number of carbonyl (C=O) groups excluding carboxylic acids is 2. The second-order valence-electron chi connectivity index (χ2n) is 9.38. The summed E-state index contributed by atoms with van der Waals surface area (Å²) in [7, 11) is -3.94. The highest BCUT2D eigenvalue weighted by atomic mass is 35.5. The molecule has 39 heavy (non-hydrogen) atoms. The highest BCUT2D eigenvalue weighted by Gasteiger charge is 2.33. The fraction of sp³-hybridized carbons (Fsp3) is 0.286. The number of hydrogen-bond donors (Lipinski definition) is 1. The van der Waals surface area contributed by atoms with Crippen LogP contribution in [0.5, 0.6) is 0 Å². The molecule has 3 aromatic rings. The first-order valence-corrected chi connectivity index (χ1v) is 15.1. The van der Waals surface area contributed by atoms with Crippen LogP contribution in [0.15, 0.2) is 72.8 Å². The SMILES string of the molecule is CC(C)NC(=O)[C@H](Cc1ccccc1)N(Cc1ccccc1Cl)C(=O)CN(c1cc(Cl)cc(Cl)c1)S(C)(=O)=O. The van der Waals surface area contributed by atoms with Crippen molar-refractivity contribution < 1.29 is 18.0 Å². The van der Waals surface area contributed by atoms with E-state index in [0.29, 0.717) is 10.6 Å². The molecule has 0 aliphatic heterocycles. The standard InChI is InChI=1S/C28H30Cl3N3O4S/c1-19(2)32-28(36)26(13-20-9-5-4-6-10-20)33(17-21-11-7-8-12-25(21)31)27(35)18-34(39(3,37)38)24-15-22(29)14-23(30)16-24/h4-12,14-16,19,26H,13,17-18H2,1-3H3,(H,32,36)/t26-/m0/s1. The van der Waals surface area contributed by atoms with Gasteiger partial charge < -0.3 is 10.2 Å². The lowest BCUT2D eigenvalue weighted by molar-refractivity contribution is -0.140. The van der Waals surface area contributed by atoms with E-state index in [0.717, 1.165) is 16.1 Å². The first kappa shape index (κ1) is 30.8. The van der Waals surface area contributed by atoms with Crippen molar-refractivity contribution in [1.29, 1.82) is 0 Å². The normalized spacial score (nSPS) is 12.2. The van der Waals surface area contributed by atoms with Crippen LogP contribution in [-0.2, 0) is 32.6 Å². The zero-order chi connectivity index (χ0) is 28.7. The number of sulfonamides is 1. The molecule has 0 aliphatic rings. The van der Waals surface area contributed by atoms with E-state index < -0.39 is 28.5 Å². The molecular formula is C28H30Cl3N3O4S. The Morgan fingerprint density at radius 3 is 2.05 bits per heavy atom. The van der Waals surface area contributed by atoms with Crippen molar-refractivity contribution in [3.63, 3.8) is 0 Å². The summed E-state index contributed by atoms with van der Waals surface area (Å²) in [4.78, 5) is 28.9. The molecule has 0 heterocycles. The Hall–Kier alpha value is -2.78. The Bertz CT molecular complexity index is 1400. The third-order valence-electron chi connectivity index (χ3n) is 5.82. The minimum absolute atomic E-state index is 0.0184. The van der Waals surface area contributed by atoms with Gasteiger partial charge in [0.1, 0.15) is 12.6 Å². The Labute approximate surface area is 244 Å². The van der Waals surface area contributed by atoms with E-state index in [1.54, 1.807) is 24.3 Å². The Morgan fingerprint density at radius 2 is 1.49 bits per heavy atom. The third-order valence-corrected chi connectivity index (χ3v) is 7.76. The average molecular weight is 611 g/mol. The van der Waals surface area contributed by atoms with Crippen LogP contribution in [0.4, 0.5) is 5.69 Å². The largest absolute Gasteiger partial charge is 0.352 e. The first-order chi connectivity index (χ1) is 18.3. The lowest BCUT2D eigenvalue weighted by atomic mass is 10.0. The summed E-state index contributed by atoms with van der Waals surface area (Å²) < 4.78 is 26.6. The fourth-order valence-electron chi connectivity index (χ4n) is 4.04. The number of nitrogens with zero attached hydrogens (tertiary/aromatic N) is 2. The number of carbonyl (C=O) groups is 2. The summed E-state index contributed by atoms with van der Waals surface area (Å²) in [6, 6.07) is 19.4. The molecule has 1 atom stereocenters. The van der Waals surface area contributed by atoms with Gasteiger partial charge in [0.25, 0.3) is 0 Å². The van der Waals surface area contributed by atoms with Gasteiger partial charge >= 0.3 is 0 Å². The van der Waals surface area contributed by atoms with E-state index in [-0.39, 0.29) is 40.6 Å². The van der Waals surface area contributed by atoms with Crippen molar-refractivity contribution in [3.8, 4) is 0 Å². The van der Waals surface area contributed by atoms with Gasteiger partial charge in [-0.1, -0.05) is 83.3 Å². The van der Waals surface area contributed by atoms with Crippen molar-refractivity contribution in [2.45, 2.75) is 38.9 Å². The predicted molar refractivity (Wildman–Crippen MR) is 158 cm³/mol. The van der Waals surface area contributed by atoms with Crippen molar-refractivity contribution in [2.75, 3.05) is 17.1 Å². The molecule has 0 saturated carbocycles. The number of benzene rings is 3. The highest BCUT2D eigenvalue weighted by molar-refractivity contribution is 7.92. The quantitative estimate of drug-likeness (QED) is 0.307. The van der Waals surface area contributed by atoms with E-state index in [2.05, 4.69) is 5.32 Å². The van der Waals surface area contributed by atoms with Crippen molar-refractivity contribution in [1.82, 2.24) is 10.2 Å². The van der Waals surface area contributed by atoms with Crippen LogP contribution in [0.2, 0.25) is 15.1 Å². The van der Waals surface area contributed by atoms with Crippen LogP contribution in [0.1, 0.15) is 25.0 Å². The Balaban J connectivity index is 2.08. The summed E-state index contributed by atoms with van der Waals surface area (Å²) in [5.74, 6) is -0.970. The van der Waals surface area contributed by atoms with Crippen LogP contribution in [0.3, 0.4) is 0 Å². The third kappa shape index (κ3) is 8.86. The minimum Gasteiger partial charge on any atom is -0.352 e. The highest BCUT2D eigenvalue weighted by Crippen LogP contribution is 2.28. The maximum absolute atomic E-state index is 14.0. The van der Waals surface area contributed by atoms with E-state index in [1.165, 1.54) is 23.1 Å². The van der Waals surface area contributed by atoms with Crippen molar-refractivity contribution in [2.24, 2.45) is 0 Å². The topological polar surface area (TPSA) is 86.8 Å². The van der Waals surface area contributed by atoms with Gasteiger partial charge in [-0.3, -0.25) is 13.9 Å². The predicted octanol–water partition coefficient (Wildman–Crippen LogP) is 5.58. The van der Waals surface area contributed by atoms with Gasteiger partial charge in [-0.2, -0.15) is 0 Å². The smallest absolute Gasteiger partial charge is 0.244 e. The minimum atomic E-state index is -3.94. The molecule has 3 aromatic carbocycles. The van der Waals surface area contributed by atoms with E-state index in [1.807, 2.05) is 44.2 Å². The van der Waals surface area contributed by atoms with Crippen molar-refractivity contribution in [3.05, 3.63) is 99.0 Å². The molecule has 0 aliphatic carbocycles. The molecule has 7 nitrogen and oxygen atoms in total. The number of amides is 2. The maximum atomic E-state index is 14.0. The van der Waals surface area contributed by atoms with Crippen LogP contribution >= 0.6 is 34.8 Å². The molecule has 1 N–H and O–H groups in total. The van der Waals surface area contributed by atoms with Crippen LogP contribution < -0.4 is 9.62 Å². The van der Waals surface area contributed by atoms with Gasteiger partial charge in [-0.15, -0.1) is 0 Å². The molecular weight excluding hydrogens is 581 g/mol. The Kier molecular flexibility index (Phi) is 10.7. The van der Waals surface area contributed by atoms with Crippen LogP contribution in [0.25, 0.3) is 0 Å². The lowest BCUT2D eigenvalue weighted by Gasteiger charge is -2.34. The van der Waals surface area contributed by atoms with Crippen LogP contribution in [0, 0.1) is 0 Å². The number of anilines is 1. The summed E-state index contributed by atoms with van der Waals surface area (Å²) >= 11 is 18.7. The first-order valence-electron chi connectivity index (χ1n) is 12.2. The maximum Gasteiger partial charge on any atom is 0.244 e. The summed E-state index contributed by atoms with van der Waals surface area (Å²) in [5, 5.41) is 3.74. The van der Waals surface area contributed by atoms with Gasteiger partial charge in [0.05, 0.1) is 11.9 Å². The van der Waals surface area contributed by atoms with Gasteiger partial charge in [0.15, 0.2) is 0 Å². The average Bonchev–Trinajstić information content (AvgIpc) is 2.84. The molecule has 2 amide bonds. The van der Waals surface area contributed by atoms with Gasteiger partial charge in [-0.25, -0.2) is 8.42 Å². The van der Waals surface area contributed by atoms with Crippen molar-refractivity contribution >= 4 is 62.3 Å². The molecule has 0 unspecified atom stereocenters. The fourth-order valence-corrected chi connectivity index (χ4v) is 5.59. The van der Waals surface area contributed by atoms with Crippen LogP contribution in [-0.4, -0.2) is 50.0 Å². The molecule has 208 valence electrons. The van der Waals surface area contributed by atoms with Gasteiger partial charge in [0, 0.05) is 34.1 Å². The monoisotopic (exact) mass is 609 g/mol. The molecule has 0 radical (unpaired) electrons. The summed E-state index contributed by atoms with van der Waals surface area (Å²) in [6.45, 7) is 3.05. The lowest BCUT2D eigenvalue weighted by Crippen LogP contribution is -2.54. The van der Waals surface area contributed by atoms with Gasteiger partial charge in [0.2, 0.25) is 21.8 Å². The van der Waals surface area contributed by atoms with Gasteiger partial charge in [-0.05, 0) is 49.2 Å². The molecule has 0 saturated heterocycles. The molecule has 0 spiro atoms.